The van der Waals surface area contributed by atoms with Gasteiger partial charge in [0.25, 0.3) is 10.1 Å². The van der Waals surface area contributed by atoms with Crippen LogP contribution in [0.4, 0.5) is 0 Å². The van der Waals surface area contributed by atoms with Crippen LogP contribution in [0.3, 0.4) is 0 Å². The predicted molar refractivity (Wildman–Crippen MR) is 94.7 cm³/mol. The van der Waals surface area contributed by atoms with Crippen LogP contribution in [0.1, 0.15) is 44.6 Å². The first-order valence-corrected chi connectivity index (χ1v) is 9.90. The van der Waals surface area contributed by atoms with Crippen molar-refractivity contribution in [3.8, 4) is 17.2 Å². The first kappa shape index (κ1) is 23.6. The van der Waals surface area contributed by atoms with Crippen molar-refractivity contribution in [1.82, 2.24) is 0 Å². The van der Waals surface area contributed by atoms with Crippen molar-refractivity contribution < 1.29 is 74.2 Å². The summed E-state index contributed by atoms with van der Waals surface area (Å²) in [5.74, 6) is 0.350. The van der Waals surface area contributed by atoms with Crippen LogP contribution in [0.2, 0.25) is 0 Å². The molecule has 26 heavy (non-hydrogen) atoms. The predicted octanol–water partition coefficient (Wildman–Crippen LogP) is 1.32. The summed E-state index contributed by atoms with van der Waals surface area (Å²) >= 11 is 0. The van der Waals surface area contributed by atoms with E-state index < -0.39 is 10.1 Å². The second kappa shape index (κ2) is 11.4. The fourth-order valence-electron chi connectivity index (χ4n) is 2.61. The van der Waals surface area contributed by atoms with E-state index in [9.17, 15) is 18.1 Å². The van der Waals surface area contributed by atoms with Gasteiger partial charge in [0.2, 0.25) is 0 Å². The Morgan fingerprint density at radius 2 is 1.73 bits per heavy atom. The standard InChI is InChI=1S/C19H24O5S.K/c1-2-3-4-5-6-9-15-14-16(12-13-17(15)20)24-18-10-7-8-11-19(18)25(21,22)23;/h7-8,10-14,20H,2-6,9H2,1H3,(H,21,22,23);/q;+1/p-1. The molecular weight excluding hydrogens is 379 g/mol. The SMILES string of the molecule is CCCCCCCc1cc(Oc2ccccc2S(=O)(=O)O)ccc1[O-].[K+]. The van der Waals surface area contributed by atoms with E-state index in [1.165, 1.54) is 43.2 Å². The van der Waals surface area contributed by atoms with Crippen LogP contribution >= 0.6 is 0 Å². The van der Waals surface area contributed by atoms with Gasteiger partial charge in [-0.05, 0) is 37.1 Å². The van der Waals surface area contributed by atoms with Crippen molar-refractivity contribution in [3.63, 3.8) is 0 Å². The van der Waals surface area contributed by atoms with Gasteiger partial charge >= 0.3 is 51.4 Å². The zero-order valence-corrected chi connectivity index (χ0v) is 19.2. The topological polar surface area (TPSA) is 86.7 Å². The van der Waals surface area contributed by atoms with E-state index >= 15 is 0 Å². The summed E-state index contributed by atoms with van der Waals surface area (Å²) in [6.45, 7) is 2.15. The van der Waals surface area contributed by atoms with Gasteiger partial charge in [-0.1, -0.05) is 56.4 Å². The van der Waals surface area contributed by atoms with Crippen molar-refractivity contribution in [2.75, 3.05) is 0 Å². The van der Waals surface area contributed by atoms with Crippen molar-refractivity contribution in [2.24, 2.45) is 0 Å². The first-order valence-electron chi connectivity index (χ1n) is 8.46. The minimum atomic E-state index is -4.38. The molecule has 0 atom stereocenters. The molecule has 0 saturated heterocycles. The van der Waals surface area contributed by atoms with Crippen LogP contribution in [-0.2, 0) is 16.5 Å². The fourth-order valence-corrected chi connectivity index (χ4v) is 3.22. The molecule has 136 valence electrons. The number of para-hydroxylation sites is 1. The van der Waals surface area contributed by atoms with E-state index in [4.69, 9.17) is 4.74 Å². The Hall–Kier alpha value is -0.414. The molecule has 0 aliphatic heterocycles. The van der Waals surface area contributed by atoms with Crippen LogP contribution < -0.4 is 61.2 Å². The minimum absolute atomic E-state index is 0. The Labute approximate surface area is 198 Å². The van der Waals surface area contributed by atoms with Gasteiger partial charge in [-0.2, -0.15) is 8.42 Å². The maximum absolute atomic E-state index is 12.0. The molecule has 0 saturated carbocycles. The summed E-state index contributed by atoms with van der Waals surface area (Å²) < 4.78 is 37.7. The van der Waals surface area contributed by atoms with E-state index in [0.717, 1.165) is 19.3 Å². The molecule has 7 heteroatoms. The summed E-state index contributed by atoms with van der Waals surface area (Å²) in [5.41, 5.74) is 0.651. The molecule has 0 heterocycles. The monoisotopic (exact) mass is 402 g/mol. The average Bonchev–Trinajstić information content (AvgIpc) is 2.57. The van der Waals surface area contributed by atoms with Crippen LogP contribution in [0.25, 0.3) is 0 Å². The number of aryl methyl sites for hydroxylation is 1. The Bertz CT molecular complexity index is 805. The molecule has 0 spiro atoms. The molecule has 0 fully saturated rings. The van der Waals surface area contributed by atoms with Crippen molar-refractivity contribution in [1.29, 1.82) is 0 Å². The smallest absolute Gasteiger partial charge is 0.872 e. The zero-order chi connectivity index (χ0) is 18.3. The minimum Gasteiger partial charge on any atom is -0.872 e. The Balaban J connectivity index is 0.00000338. The third-order valence-electron chi connectivity index (χ3n) is 3.94. The van der Waals surface area contributed by atoms with Gasteiger partial charge in [-0.25, -0.2) is 0 Å². The van der Waals surface area contributed by atoms with Gasteiger partial charge in [-0.15, -0.1) is 5.75 Å². The molecule has 1 N–H and O–H groups in total. The van der Waals surface area contributed by atoms with E-state index in [2.05, 4.69) is 6.92 Å². The van der Waals surface area contributed by atoms with Gasteiger partial charge in [0, 0.05) is 0 Å². The molecule has 5 nitrogen and oxygen atoms in total. The molecule has 0 unspecified atom stereocenters. The van der Waals surface area contributed by atoms with E-state index in [0.29, 0.717) is 17.7 Å². The number of hydrogen-bond acceptors (Lipinski definition) is 4. The molecule has 0 radical (unpaired) electrons. The van der Waals surface area contributed by atoms with Gasteiger partial charge in [0.15, 0.2) is 0 Å². The number of unbranched alkanes of at least 4 members (excludes halogenated alkanes) is 4. The number of hydrogen-bond donors (Lipinski definition) is 1. The van der Waals surface area contributed by atoms with Crippen LogP contribution in [-0.4, -0.2) is 13.0 Å². The van der Waals surface area contributed by atoms with Gasteiger partial charge in [0.05, 0.1) is 0 Å². The average molecular weight is 403 g/mol. The quantitative estimate of drug-likeness (QED) is 0.388. The van der Waals surface area contributed by atoms with Gasteiger partial charge in [-0.3, -0.25) is 4.55 Å². The second-order valence-corrected chi connectivity index (χ2v) is 7.35. The summed E-state index contributed by atoms with van der Waals surface area (Å²) in [6, 6.07) is 10.4. The summed E-state index contributed by atoms with van der Waals surface area (Å²) in [5, 5.41) is 12.0. The Morgan fingerprint density at radius 1 is 1.04 bits per heavy atom. The van der Waals surface area contributed by atoms with Crippen molar-refractivity contribution >= 4 is 10.1 Å². The van der Waals surface area contributed by atoms with Gasteiger partial charge < -0.3 is 9.84 Å². The van der Waals surface area contributed by atoms with E-state index in [-0.39, 0.29) is 67.8 Å². The van der Waals surface area contributed by atoms with Crippen molar-refractivity contribution in [3.05, 3.63) is 48.0 Å². The van der Waals surface area contributed by atoms with Crippen LogP contribution in [0, 0.1) is 0 Å². The molecule has 0 aromatic heterocycles. The molecule has 0 bridgehead atoms. The van der Waals surface area contributed by atoms with Crippen LogP contribution in [0.5, 0.6) is 17.2 Å². The molecule has 2 aromatic carbocycles. The molecular formula is C19H23KO5S. The summed E-state index contributed by atoms with van der Waals surface area (Å²) in [6.07, 6.45) is 6.19. The first-order chi connectivity index (χ1) is 11.9. The fraction of sp³-hybridized carbons (Fsp3) is 0.368. The van der Waals surface area contributed by atoms with E-state index in [1.54, 1.807) is 12.1 Å². The number of rotatable bonds is 9. The Kier molecular flexibility index (Phi) is 10.4. The third kappa shape index (κ3) is 7.30. The summed E-state index contributed by atoms with van der Waals surface area (Å²) in [7, 11) is -4.38. The maximum Gasteiger partial charge on any atom is 1.00 e. The Morgan fingerprint density at radius 3 is 2.42 bits per heavy atom. The number of ether oxygens (including phenoxy) is 1. The maximum atomic E-state index is 12.0. The van der Waals surface area contributed by atoms with Gasteiger partial charge in [0.1, 0.15) is 16.4 Å². The molecule has 0 aliphatic carbocycles. The van der Waals surface area contributed by atoms with Crippen LogP contribution in [0.15, 0.2) is 47.4 Å². The molecule has 0 amide bonds. The second-order valence-electron chi connectivity index (χ2n) is 5.96. The molecule has 0 aliphatic rings. The van der Waals surface area contributed by atoms with E-state index in [1.807, 2.05) is 0 Å². The summed E-state index contributed by atoms with van der Waals surface area (Å²) in [4.78, 5) is -0.303. The number of benzene rings is 2. The zero-order valence-electron chi connectivity index (χ0n) is 15.3. The third-order valence-corrected chi connectivity index (χ3v) is 4.83. The van der Waals surface area contributed by atoms with Crippen molar-refractivity contribution in [2.45, 2.75) is 50.3 Å². The largest absolute Gasteiger partial charge is 1.00 e. The normalized spacial score (nSPS) is 11.0. The molecule has 2 aromatic rings. The molecule has 2 rings (SSSR count).